The number of rotatable bonds is 9. The van der Waals surface area contributed by atoms with Crippen LogP contribution in [0.3, 0.4) is 0 Å². The van der Waals surface area contributed by atoms with Gasteiger partial charge in [-0.15, -0.1) is 0 Å². The number of anilines is 2. The number of ether oxygens (including phenoxy) is 1. The van der Waals surface area contributed by atoms with Gasteiger partial charge in [-0.1, -0.05) is 23.8 Å². The first-order valence-corrected chi connectivity index (χ1v) is 9.62. The van der Waals surface area contributed by atoms with E-state index in [2.05, 4.69) is 53.6 Å². The van der Waals surface area contributed by atoms with Crippen molar-refractivity contribution in [3.8, 4) is 5.75 Å². The van der Waals surface area contributed by atoms with Gasteiger partial charge in [0.25, 0.3) is 0 Å². The molecule has 0 unspecified atom stereocenters. The van der Waals surface area contributed by atoms with Gasteiger partial charge < -0.3 is 20.3 Å². The maximum absolute atomic E-state index is 5.51. The van der Waals surface area contributed by atoms with Crippen molar-refractivity contribution in [1.82, 2.24) is 5.32 Å². The van der Waals surface area contributed by atoms with Gasteiger partial charge in [0.05, 0.1) is 6.61 Å². The van der Waals surface area contributed by atoms with Gasteiger partial charge in [0.2, 0.25) is 0 Å². The third-order valence-electron chi connectivity index (χ3n) is 4.07. The molecule has 2 N–H and O–H groups in total. The average Bonchev–Trinajstić information content (AvgIpc) is 2.63. The minimum atomic E-state index is 0.636. The molecule has 0 aromatic heterocycles. The molecule has 0 amide bonds. The van der Waals surface area contributed by atoms with E-state index in [4.69, 9.17) is 17.0 Å². The third kappa shape index (κ3) is 6.56. The largest absolute Gasteiger partial charge is 0.494 e. The van der Waals surface area contributed by atoms with Gasteiger partial charge in [0, 0.05) is 37.1 Å². The van der Waals surface area contributed by atoms with Gasteiger partial charge in [-0.3, -0.25) is 0 Å². The molecule has 0 saturated heterocycles. The van der Waals surface area contributed by atoms with Crippen molar-refractivity contribution in [3.63, 3.8) is 0 Å². The van der Waals surface area contributed by atoms with Crippen LogP contribution in [0.4, 0.5) is 11.4 Å². The highest BCUT2D eigenvalue weighted by atomic mass is 32.1. The summed E-state index contributed by atoms with van der Waals surface area (Å²) in [5.74, 6) is 0.844. The van der Waals surface area contributed by atoms with E-state index in [0.717, 1.165) is 37.5 Å². The van der Waals surface area contributed by atoms with Crippen LogP contribution < -0.4 is 20.3 Å². The zero-order valence-corrected chi connectivity index (χ0v) is 16.7. The second-order valence-electron chi connectivity index (χ2n) is 6.11. The highest BCUT2D eigenvalue weighted by molar-refractivity contribution is 7.80. The van der Waals surface area contributed by atoms with Crippen LogP contribution in [0, 0.1) is 6.92 Å². The fourth-order valence-electron chi connectivity index (χ4n) is 2.70. The van der Waals surface area contributed by atoms with E-state index in [0.29, 0.717) is 11.7 Å². The molecule has 2 rings (SSSR count). The predicted molar refractivity (Wildman–Crippen MR) is 116 cm³/mol. The number of thiocarbonyl (C=S) groups is 1. The molecule has 0 heterocycles. The van der Waals surface area contributed by atoms with Crippen LogP contribution >= 0.6 is 12.2 Å². The van der Waals surface area contributed by atoms with Gasteiger partial charge in [-0.05, 0) is 63.7 Å². The molecule has 26 heavy (non-hydrogen) atoms. The molecule has 0 aliphatic rings. The van der Waals surface area contributed by atoms with Crippen molar-refractivity contribution in [3.05, 3.63) is 54.1 Å². The second kappa shape index (κ2) is 10.7. The third-order valence-corrected chi connectivity index (χ3v) is 4.32. The quantitative estimate of drug-likeness (QED) is 0.498. The van der Waals surface area contributed by atoms with Crippen molar-refractivity contribution < 1.29 is 4.74 Å². The Labute approximate surface area is 162 Å². The Kier molecular flexibility index (Phi) is 8.22. The Morgan fingerprint density at radius 1 is 1.12 bits per heavy atom. The normalized spacial score (nSPS) is 10.3. The molecular weight excluding hydrogens is 342 g/mol. The molecule has 5 heteroatoms. The molecule has 2 aromatic carbocycles. The molecule has 4 nitrogen and oxygen atoms in total. The molecule has 0 fully saturated rings. The smallest absolute Gasteiger partial charge is 0.170 e. The lowest BCUT2D eigenvalue weighted by Crippen LogP contribution is -2.32. The summed E-state index contributed by atoms with van der Waals surface area (Å²) in [5.41, 5.74) is 3.49. The van der Waals surface area contributed by atoms with Crippen molar-refractivity contribution in [1.29, 1.82) is 0 Å². The topological polar surface area (TPSA) is 36.5 Å². The Morgan fingerprint density at radius 2 is 1.88 bits per heavy atom. The summed E-state index contributed by atoms with van der Waals surface area (Å²) in [6.45, 7) is 9.75. The van der Waals surface area contributed by atoms with E-state index in [1.165, 1.54) is 11.3 Å². The molecule has 0 spiro atoms. The zero-order valence-electron chi connectivity index (χ0n) is 15.9. The lowest BCUT2D eigenvalue weighted by Gasteiger charge is -2.23. The van der Waals surface area contributed by atoms with Crippen LogP contribution in [0.15, 0.2) is 48.5 Å². The molecular formula is C21H29N3OS. The van der Waals surface area contributed by atoms with E-state index in [9.17, 15) is 0 Å². The lowest BCUT2D eigenvalue weighted by molar-refractivity contribution is 0.340. The fraction of sp³-hybridized carbons (Fsp3) is 0.381. The number of hydrogen-bond donors (Lipinski definition) is 2. The van der Waals surface area contributed by atoms with Gasteiger partial charge >= 0.3 is 0 Å². The molecule has 0 bridgehead atoms. The molecule has 0 aliphatic heterocycles. The van der Waals surface area contributed by atoms with Gasteiger partial charge in [-0.25, -0.2) is 0 Å². The van der Waals surface area contributed by atoms with Crippen molar-refractivity contribution in [2.45, 2.75) is 27.2 Å². The Balaban J connectivity index is 1.73. The first-order valence-electron chi connectivity index (χ1n) is 9.21. The molecule has 0 saturated carbocycles. The fourth-order valence-corrected chi connectivity index (χ4v) is 2.92. The van der Waals surface area contributed by atoms with Crippen molar-refractivity contribution >= 4 is 28.7 Å². The van der Waals surface area contributed by atoms with E-state index in [-0.39, 0.29) is 0 Å². The van der Waals surface area contributed by atoms with E-state index >= 15 is 0 Å². The summed E-state index contributed by atoms with van der Waals surface area (Å²) in [6, 6.07) is 16.5. The van der Waals surface area contributed by atoms with Crippen LogP contribution in [-0.4, -0.2) is 31.4 Å². The number of aryl methyl sites for hydroxylation is 1. The maximum Gasteiger partial charge on any atom is 0.170 e. The first kappa shape index (κ1) is 20.0. The Morgan fingerprint density at radius 3 is 2.58 bits per heavy atom. The average molecular weight is 372 g/mol. The van der Waals surface area contributed by atoms with E-state index < -0.39 is 0 Å². The minimum absolute atomic E-state index is 0.636. The summed E-state index contributed by atoms with van der Waals surface area (Å²) in [6.07, 6.45) is 1.02. The van der Waals surface area contributed by atoms with Gasteiger partial charge in [0.15, 0.2) is 5.11 Å². The molecule has 140 valence electrons. The Bertz CT molecular complexity index is 688. The highest BCUT2D eigenvalue weighted by Crippen LogP contribution is 2.17. The molecule has 0 atom stereocenters. The van der Waals surface area contributed by atoms with Crippen LogP contribution in [0.5, 0.6) is 5.75 Å². The molecule has 0 aliphatic carbocycles. The van der Waals surface area contributed by atoms with Crippen molar-refractivity contribution in [2.24, 2.45) is 0 Å². The number of benzene rings is 2. The minimum Gasteiger partial charge on any atom is -0.494 e. The number of hydrogen-bond acceptors (Lipinski definition) is 3. The Hall–Kier alpha value is -2.27. The monoisotopic (exact) mass is 371 g/mol. The molecule has 2 aromatic rings. The predicted octanol–water partition coefficient (Wildman–Crippen LogP) is 4.60. The van der Waals surface area contributed by atoms with Crippen LogP contribution in [-0.2, 0) is 0 Å². The van der Waals surface area contributed by atoms with Crippen LogP contribution in [0.1, 0.15) is 25.8 Å². The summed E-state index contributed by atoms with van der Waals surface area (Å²) >= 11 is 5.38. The standard InChI is InChI=1S/C21H29N3OS/c1-4-24(19-12-10-17(3)11-13-19)15-7-14-22-21(26)23-18-8-6-9-20(16-18)25-5-2/h6,8-13,16H,4-5,7,14-15H2,1-3H3,(H2,22,23,26). The van der Waals surface area contributed by atoms with E-state index in [1.54, 1.807) is 0 Å². The second-order valence-corrected chi connectivity index (χ2v) is 6.52. The number of nitrogens with one attached hydrogen (secondary N) is 2. The molecule has 0 radical (unpaired) electrons. The zero-order chi connectivity index (χ0) is 18.8. The summed E-state index contributed by atoms with van der Waals surface area (Å²) in [7, 11) is 0. The van der Waals surface area contributed by atoms with Gasteiger partial charge in [0.1, 0.15) is 5.75 Å². The summed E-state index contributed by atoms with van der Waals surface area (Å²) < 4.78 is 5.51. The highest BCUT2D eigenvalue weighted by Gasteiger charge is 2.04. The van der Waals surface area contributed by atoms with Crippen LogP contribution in [0.25, 0.3) is 0 Å². The summed E-state index contributed by atoms with van der Waals surface area (Å²) in [5, 5.41) is 7.12. The van der Waals surface area contributed by atoms with Gasteiger partial charge in [-0.2, -0.15) is 0 Å². The van der Waals surface area contributed by atoms with Crippen LogP contribution in [0.2, 0.25) is 0 Å². The van der Waals surface area contributed by atoms with E-state index in [1.807, 2.05) is 31.2 Å². The first-order chi connectivity index (χ1) is 12.6. The van der Waals surface area contributed by atoms with Crippen molar-refractivity contribution in [2.75, 3.05) is 36.5 Å². The number of nitrogens with zero attached hydrogens (tertiary/aromatic N) is 1. The lowest BCUT2D eigenvalue weighted by atomic mass is 10.2. The summed E-state index contributed by atoms with van der Waals surface area (Å²) in [4.78, 5) is 2.38. The SMILES string of the molecule is CCOc1cccc(NC(=S)NCCCN(CC)c2ccc(C)cc2)c1. The maximum atomic E-state index is 5.51.